The first kappa shape index (κ1) is 11.9. The van der Waals surface area contributed by atoms with Gasteiger partial charge in [0.1, 0.15) is 0 Å². The maximum atomic E-state index is 2.42. The molecule has 0 saturated heterocycles. The Morgan fingerprint density at radius 3 is 1.12 bits per heavy atom. The summed E-state index contributed by atoms with van der Waals surface area (Å²) in [5.74, 6) is 4.83. The molecule has 0 saturated carbocycles. The molecule has 0 rings (SSSR count). The molecule has 0 atom stereocenters. The molecule has 0 aromatic rings. The molecule has 0 aliphatic heterocycles. The van der Waals surface area contributed by atoms with E-state index >= 15 is 0 Å². The summed E-state index contributed by atoms with van der Waals surface area (Å²) in [6.07, 6.45) is 0. The van der Waals surface area contributed by atoms with Crippen molar-refractivity contribution < 1.29 is 0 Å². The van der Waals surface area contributed by atoms with Crippen molar-refractivity contribution in [3.05, 3.63) is 0 Å². The van der Waals surface area contributed by atoms with Gasteiger partial charge in [0.25, 0.3) is 0 Å². The Balaban J connectivity index is 0. The van der Waals surface area contributed by atoms with Gasteiger partial charge >= 0.3 is 50.9 Å². The van der Waals surface area contributed by atoms with Crippen molar-refractivity contribution in [2.24, 2.45) is 0 Å². The van der Waals surface area contributed by atoms with Crippen molar-refractivity contribution in [3.8, 4) is 0 Å². The molecule has 0 heterocycles. The standard InChI is InChI=1S/C6H15Ge.Li/c1-6(2,3)7(4)5;/h1-5H3;. The number of rotatable bonds is 0. The van der Waals surface area contributed by atoms with E-state index in [9.17, 15) is 0 Å². The first-order valence-corrected chi connectivity index (χ1v) is 8.00. The molecule has 0 bridgehead atoms. The summed E-state index contributed by atoms with van der Waals surface area (Å²) in [6, 6.07) is 0. The molecule has 0 aromatic heterocycles. The average Bonchev–Trinajstić information content (AvgIpc) is 1.31. The molecule has 8 heavy (non-hydrogen) atoms. The third-order valence-corrected chi connectivity index (χ3v) is 7.79. The van der Waals surface area contributed by atoms with E-state index in [0.717, 1.165) is 0 Å². The average molecular weight is 167 g/mol. The zero-order valence-electron chi connectivity index (χ0n) is 7.00. The minimum atomic E-state index is -0.590. The van der Waals surface area contributed by atoms with Crippen LogP contribution in [0.15, 0.2) is 0 Å². The second-order valence-corrected chi connectivity index (χ2v) is 10.6. The quantitative estimate of drug-likeness (QED) is 0.484. The van der Waals surface area contributed by atoms with Crippen LogP contribution in [0.4, 0.5) is 0 Å². The molecule has 0 aliphatic carbocycles. The van der Waals surface area contributed by atoms with Crippen LogP contribution < -0.4 is 0 Å². The normalized spacial score (nSPS) is 11.2. The van der Waals surface area contributed by atoms with E-state index in [-0.39, 0.29) is 18.9 Å². The van der Waals surface area contributed by atoms with Crippen LogP contribution >= 0.6 is 0 Å². The fraction of sp³-hybridized carbons (Fsp3) is 1.00. The topological polar surface area (TPSA) is 0 Å². The monoisotopic (exact) mass is 168 g/mol. The SMILES string of the molecule is [CH3][Ge]([CH3])[C](C)(C)C.[Li]. The second kappa shape index (κ2) is 4.04. The first-order chi connectivity index (χ1) is 2.94. The molecule has 2 heteroatoms. The van der Waals surface area contributed by atoms with Crippen LogP contribution in [-0.4, -0.2) is 33.2 Å². The molecule has 0 aromatic carbocycles. The van der Waals surface area contributed by atoms with Gasteiger partial charge in [-0.1, -0.05) is 0 Å². The van der Waals surface area contributed by atoms with E-state index < -0.39 is 14.3 Å². The maximum Gasteiger partial charge on any atom is 0 e. The molecular formula is C6H15GeLi. The minimum Gasteiger partial charge on any atom is 0 e. The Kier molecular flexibility index (Phi) is 5.99. The van der Waals surface area contributed by atoms with Gasteiger partial charge in [-0.2, -0.15) is 0 Å². The van der Waals surface area contributed by atoms with Crippen LogP contribution in [0.1, 0.15) is 20.8 Å². The third-order valence-electron chi connectivity index (χ3n) is 1.50. The van der Waals surface area contributed by atoms with Gasteiger partial charge in [-0.15, -0.1) is 0 Å². The summed E-state index contributed by atoms with van der Waals surface area (Å²) in [5.41, 5.74) is 0. The van der Waals surface area contributed by atoms with E-state index in [1.165, 1.54) is 0 Å². The Morgan fingerprint density at radius 1 is 1.00 bits per heavy atom. The Labute approximate surface area is 69.7 Å². The van der Waals surface area contributed by atoms with Crippen LogP contribution in [0.2, 0.25) is 15.8 Å². The zero-order chi connectivity index (χ0) is 6.08. The summed E-state index contributed by atoms with van der Waals surface area (Å²) >= 11 is -0.590. The molecule has 0 N–H and O–H groups in total. The van der Waals surface area contributed by atoms with Crippen LogP contribution in [0, 0.1) is 0 Å². The zero-order valence-corrected chi connectivity index (χ0v) is 9.10. The first-order valence-electron chi connectivity index (χ1n) is 2.75. The van der Waals surface area contributed by atoms with E-state index in [1.54, 1.807) is 0 Å². The molecule has 44 valence electrons. The largest absolute Gasteiger partial charge is 0 e. The van der Waals surface area contributed by atoms with Crippen molar-refractivity contribution in [3.63, 3.8) is 0 Å². The number of hydrogen-bond acceptors (Lipinski definition) is 0. The molecular weight excluding hydrogens is 152 g/mol. The van der Waals surface area contributed by atoms with Crippen molar-refractivity contribution in [1.29, 1.82) is 0 Å². The van der Waals surface area contributed by atoms with Gasteiger partial charge in [-0.25, -0.2) is 0 Å². The van der Waals surface area contributed by atoms with E-state index in [1.807, 2.05) is 0 Å². The van der Waals surface area contributed by atoms with Crippen molar-refractivity contribution >= 4 is 33.2 Å². The van der Waals surface area contributed by atoms with Crippen LogP contribution in [-0.2, 0) is 0 Å². The van der Waals surface area contributed by atoms with Gasteiger partial charge in [0.2, 0.25) is 0 Å². The molecule has 2 radical (unpaired) electrons. The van der Waals surface area contributed by atoms with Crippen molar-refractivity contribution in [2.45, 2.75) is 36.5 Å². The van der Waals surface area contributed by atoms with Gasteiger partial charge in [0.15, 0.2) is 0 Å². The molecule has 0 amide bonds. The number of hydrogen-bond donors (Lipinski definition) is 0. The predicted molar refractivity (Wildman–Crippen MR) is 43.0 cm³/mol. The maximum absolute atomic E-state index is 2.42. The van der Waals surface area contributed by atoms with Crippen molar-refractivity contribution in [2.75, 3.05) is 0 Å². The summed E-state index contributed by atoms with van der Waals surface area (Å²) in [7, 11) is 0. The van der Waals surface area contributed by atoms with Gasteiger partial charge in [0.05, 0.1) is 0 Å². The predicted octanol–water partition coefficient (Wildman–Crippen LogP) is 2.16. The smallest absolute Gasteiger partial charge is 0 e. The minimum absolute atomic E-state index is 0. The summed E-state index contributed by atoms with van der Waals surface area (Å²) in [6.45, 7) is 7.01. The second-order valence-electron chi connectivity index (χ2n) is 3.25. The Hall–Kier alpha value is 1.14. The molecule has 0 fully saturated rings. The molecule has 0 unspecified atom stereocenters. The van der Waals surface area contributed by atoms with Crippen molar-refractivity contribution in [1.82, 2.24) is 0 Å². The van der Waals surface area contributed by atoms with Gasteiger partial charge in [-0.3, -0.25) is 0 Å². The molecule has 0 spiro atoms. The van der Waals surface area contributed by atoms with E-state index in [2.05, 4.69) is 32.3 Å². The van der Waals surface area contributed by atoms with Gasteiger partial charge in [0, 0.05) is 18.9 Å². The van der Waals surface area contributed by atoms with Crippen LogP contribution in [0.25, 0.3) is 0 Å². The third kappa shape index (κ3) is 5.28. The Morgan fingerprint density at radius 2 is 1.12 bits per heavy atom. The van der Waals surface area contributed by atoms with Crippen LogP contribution in [0.3, 0.4) is 0 Å². The Bertz CT molecular complexity index is 54.0. The van der Waals surface area contributed by atoms with E-state index in [0.29, 0.717) is 4.25 Å². The summed E-state index contributed by atoms with van der Waals surface area (Å²) in [4.78, 5) is 0. The van der Waals surface area contributed by atoms with Crippen LogP contribution in [0.5, 0.6) is 0 Å². The van der Waals surface area contributed by atoms with Gasteiger partial charge < -0.3 is 0 Å². The molecule has 0 nitrogen and oxygen atoms in total. The van der Waals surface area contributed by atoms with E-state index in [4.69, 9.17) is 0 Å². The van der Waals surface area contributed by atoms with Gasteiger partial charge in [-0.05, 0) is 0 Å². The fourth-order valence-corrected chi connectivity index (χ4v) is 0. The fourth-order valence-electron chi connectivity index (χ4n) is 0. The molecule has 0 aliphatic rings. The summed E-state index contributed by atoms with van der Waals surface area (Å²) in [5, 5.41) is 0. The summed E-state index contributed by atoms with van der Waals surface area (Å²) < 4.78 is 0.667.